The molecule has 0 spiro atoms. The molecule has 1 saturated heterocycles. The molecule has 0 bridgehead atoms. The number of hydrogen-bond donors (Lipinski definition) is 0. The number of imide groups is 1. The average molecular weight is 380 g/mol. The molecule has 0 radical (unpaired) electrons. The first-order valence-corrected chi connectivity index (χ1v) is 6.48. The fraction of sp³-hybridized carbons (Fsp3) is 0.182. The van der Waals surface area contributed by atoms with E-state index >= 15 is 0 Å². The molecule has 7 heteroatoms. The highest BCUT2D eigenvalue weighted by atomic mass is 127. The first kappa shape index (κ1) is 13.3. The number of amides is 2. The van der Waals surface area contributed by atoms with E-state index in [1.165, 1.54) is 6.07 Å². The number of halogens is 2. The molecule has 1 heterocycles. The maximum Gasteiger partial charge on any atom is 0.365 e. The normalized spacial score (nSPS) is 15.1. The second-order valence-electron chi connectivity index (χ2n) is 3.56. The van der Waals surface area contributed by atoms with Gasteiger partial charge in [0.05, 0.1) is 10.6 Å². The van der Waals surface area contributed by atoms with Crippen molar-refractivity contribution in [2.75, 3.05) is 0 Å². The lowest BCUT2D eigenvalue weighted by Crippen LogP contribution is -2.32. The fourth-order valence-corrected chi connectivity index (χ4v) is 2.21. The fourth-order valence-electron chi connectivity index (χ4n) is 1.45. The zero-order valence-electron chi connectivity index (χ0n) is 8.98. The van der Waals surface area contributed by atoms with E-state index in [1.54, 1.807) is 12.1 Å². The Morgan fingerprint density at radius 3 is 2.50 bits per heavy atom. The van der Waals surface area contributed by atoms with Gasteiger partial charge in [-0.1, -0.05) is 17.7 Å². The molecule has 0 atom stereocenters. The molecule has 0 saturated carbocycles. The van der Waals surface area contributed by atoms with Crippen LogP contribution in [0.15, 0.2) is 18.2 Å². The Morgan fingerprint density at radius 1 is 1.28 bits per heavy atom. The maximum absolute atomic E-state index is 11.8. The topological polar surface area (TPSA) is 63.7 Å². The molecule has 0 aromatic heterocycles. The van der Waals surface area contributed by atoms with Crippen LogP contribution in [0.1, 0.15) is 23.2 Å². The summed E-state index contributed by atoms with van der Waals surface area (Å²) in [6, 6.07) is 4.74. The monoisotopic (exact) mass is 379 g/mol. The minimum absolute atomic E-state index is 0.0682. The first-order chi connectivity index (χ1) is 8.50. The van der Waals surface area contributed by atoms with Gasteiger partial charge >= 0.3 is 5.97 Å². The molecular weight excluding hydrogens is 372 g/mol. The van der Waals surface area contributed by atoms with Crippen LogP contribution in [0.3, 0.4) is 0 Å². The summed E-state index contributed by atoms with van der Waals surface area (Å²) in [5, 5.41) is 0.920. The molecule has 18 heavy (non-hydrogen) atoms. The van der Waals surface area contributed by atoms with Crippen LogP contribution in [-0.2, 0) is 14.4 Å². The van der Waals surface area contributed by atoms with Crippen molar-refractivity contribution in [1.29, 1.82) is 0 Å². The Hall–Kier alpha value is -1.15. The zero-order chi connectivity index (χ0) is 13.3. The highest BCUT2D eigenvalue weighted by Crippen LogP contribution is 2.23. The number of nitrogens with zero attached hydrogens (tertiary/aromatic N) is 1. The predicted molar refractivity (Wildman–Crippen MR) is 70.7 cm³/mol. The molecule has 0 unspecified atom stereocenters. The molecule has 1 aromatic carbocycles. The summed E-state index contributed by atoms with van der Waals surface area (Å²) in [6.45, 7) is 0. The lowest BCUT2D eigenvalue weighted by atomic mass is 10.2. The molecule has 5 nitrogen and oxygen atoms in total. The van der Waals surface area contributed by atoms with Crippen LogP contribution in [0.4, 0.5) is 0 Å². The number of benzene rings is 1. The van der Waals surface area contributed by atoms with Gasteiger partial charge in [-0.3, -0.25) is 9.59 Å². The van der Waals surface area contributed by atoms with Crippen molar-refractivity contribution in [1.82, 2.24) is 5.06 Å². The summed E-state index contributed by atoms with van der Waals surface area (Å²) < 4.78 is 0.515. The first-order valence-electron chi connectivity index (χ1n) is 5.03. The Kier molecular flexibility index (Phi) is 3.86. The molecular formula is C11H7ClINO4. The molecule has 1 fully saturated rings. The van der Waals surface area contributed by atoms with Gasteiger partial charge in [-0.25, -0.2) is 4.79 Å². The van der Waals surface area contributed by atoms with Gasteiger partial charge in [0, 0.05) is 16.4 Å². The van der Waals surface area contributed by atoms with Gasteiger partial charge in [0.2, 0.25) is 0 Å². The Balaban J connectivity index is 2.20. The van der Waals surface area contributed by atoms with Gasteiger partial charge in [-0.15, -0.1) is 5.06 Å². The van der Waals surface area contributed by atoms with E-state index in [9.17, 15) is 14.4 Å². The summed E-state index contributed by atoms with van der Waals surface area (Å²) >= 11 is 7.77. The minimum atomic E-state index is -0.773. The van der Waals surface area contributed by atoms with Crippen LogP contribution in [0.2, 0.25) is 5.02 Å². The van der Waals surface area contributed by atoms with Crippen LogP contribution in [0, 0.1) is 3.57 Å². The average Bonchev–Trinajstić information content (AvgIpc) is 2.64. The Bertz CT molecular complexity index is 530. The third-order valence-electron chi connectivity index (χ3n) is 2.35. The highest BCUT2D eigenvalue weighted by Gasteiger charge is 2.33. The Morgan fingerprint density at radius 2 is 1.89 bits per heavy atom. The van der Waals surface area contributed by atoms with Gasteiger partial charge in [-0.2, -0.15) is 0 Å². The maximum atomic E-state index is 11.8. The standard InChI is InChI=1S/C11H7ClINO4/c12-7-3-1-2-6(10(7)13)11(17)18-14-8(15)4-5-9(14)16/h1-3H,4-5H2. The smallest absolute Gasteiger partial charge is 0.325 e. The van der Waals surface area contributed by atoms with E-state index in [1.807, 2.05) is 22.6 Å². The van der Waals surface area contributed by atoms with Crippen LogP contribution in [-0.4, -0.2) is 22.8 Å². The van der Waals surface area contributed by atoms with Gasteiger partial charge in [0.15, 0.2) is 0 Å². The summed E-state index contributed by atoms with van der Waals surface area (Å²) in [5.74, 6) is -1.79. The van der Waals surface area contributed by atoms with Gasteiger partial charge in [-0.05, 0) is 34.7 Å². The zero-order valence-corrected chi connectivity index (χ0v) is 11.9. The third-order valence-corrected chi connectivity index (χ3v) is 4.15. The van der Waals surface area contributed by atoms with Crippen LogP contribution in [0.5, 0.6) is 0 Å². The van der Waals surface area contributed by atoms with E-state index < -0.39 is 17.8 Å². The van der Waals surface area contributed by atoms with Crippen molar-refractivity contribution in [2.45, 2.75) is 12.8 Å². The van der Waals surface area contributed by atoms with Crippen molar-refractivity contribution in [3.8, 4) is 0 Å². The molecule has 2 rings (SSSR count). The molecule has 1 aromatic rings. The minimum Gasteiger partial charge on any atom is -0.325 e. The van der Waals surface area contributed by atoms with Crippen LogP contribution >= 0.6 is 34.2 Å². The lowest BCUT2D eigenvalue weighted by molar-refractivity contribution is -0.172. The van der Waals surface area contributed by atoms with E-state index in [4.69, 9.17) is 16.4 Å². The number of hydroxylamine groups is 2. The van der Waals surface area contributed by atoms with E-state index in [0.29, 0.717) is 13.7 Å². The Labute approximate surface area is 121 Å². The highest BCUT2D eigenvalue weighted by molar-refractivity contribution is 14.1. The molecule has 1 aliphatic heterocycles. The second kappa shape index (κ2) is 5.23. The molecule has 94 valence electrons. The molecule has 2 amide bonds. The van der Waals surface area contributed by atoms with Gasteiger partial charge in [0.1, 0.15) is 0 Å². The van der Waals surface area contributed by atoms with Crippen molar-refractivity contribution in [3.05, 3.63) is 32.4 Å². The SMILES string of the molecule is O=C(ON1C(=O)CCC1=O)c1cccc(Cl)c1I. The number of rotatable bonds is 2. The summed E-state index contributed by atoms with van der Waals surface area (Å²) in [7, 11) is 0. The summed E-state index contributed by atoms with van der Waals surface area (Å²) in [4.78, 5) is 39.2. The number of carbonyl (C=O) groups excluding carboxylic acids is 3. The van der Waals surface area contributed by atoms with Crippen molar-refractivity contribution in [3.63, 3.8) is 0 Å². The largest absolute Gasteiger partial charge is 0.365 e. The summed E-state index contributed by atoms with van der Waals surface area (Å²) in [6.07, 6.45) is 0.136. The second-order valence-corrected chi connectivity index (χ2v) is 5.05. The van der Waals surface area contributed by atoms with Gasteiger partial charge in [0.25, 0.3) is 11.8 Å². The number of carbonyl (C=O) groups is 3. The number of hydrogen-bond acceptors (Lipinski definition) is 4. The van der Waals surface area contributed by atoms with E-state index in [0.717, 1.165) is 0 Å². The van der Waals surface area contributed by atoms with Crippen molar-refractivity contribution in [2.24, 2.45) is 0 Å². The van der Waals surface area contributed by atoms with Crippen LogP contribution < -0.4 is 0 Å². The molecule has 1 aliphatic rings. The third kappa shape index (κ3) is 2.49. The summed E-state index contributed by atoms with van der Waals surface area (Å²) in [5.41, 5.74) is 0.218. The quantitative estimate of drug-likeness (QED) is 0.584. The lowest BCUT2D eigenvalue weighted by Gasteiger charge is -2.13. The predicted octanol–water partition coefficient (Wildman–Crippen LogP) is 2.17. The van der Waals surface area contributed by atoms with Crippen molar-refractivity contribution >= 4 is 52.0 Å². The van der Waals surface area contributed by atoms with Gasteiger partial charge < -0.3 is 4.84 Å². The van der Waals surface area contributed by atoms with E-state index in [2.05, 4.69) is 0 Å². The molecule has 0 N–H and O–H groups in total. The molecule has 0 aliphatic carbocycles. The van der Waals surface area contributed by atoms with Crippen molar-refractivity contribution < 1.29 is 19.2 Å². The van der Waals surface area contributed by atoms with Crippen LogP contribution in [0.25, 0.3) is 0 Å². The van der Waals surface area contributed by atoms with E-state index in [-0.39, 0.29) is 18.4 Å².